The van der Waals surface area contributed by atoms with Gasteiger partial charge in [-0.2, -0.15) is 0 Å². The highest BCUT2D eigenvalue weighted by atomic mass is 16.5. The minimum atomic E-state index is -0.996. The number of carbonyl (C=O) groups excluding carboxylic acids is 3. The molecule has 0 spiro atoms. The standard InChI is InChI=1S/C16H19N3O4/c1-23-13-6-2-11(3-7-13)8-19(10-20)9-16(12-4-5-12)14(21)17-15(22)18-16/h2-3,6-7,10,12H,4-5,8-9H2,1H3,(H2,17,18,21,22). The van der Waals surface area contributed by atoms with E-state index in [1.54, 1.807) is 7.11 Å². The molecule has 1 atom stereocenters. The van der Waals surface area contributed by atoms with Crippen LogP contribution in [0.5, 0.6) is 5.75 Å². The van der Waals surface area contributed by atoms with Gasteiger partial charge >= 0.3 is 6.03 Å². The van der Waals surface area contributed by atoms with Gasteiger partial charge in [0, 0.05) is 6.54 Å². The van der Waals surface area contributed by atoms with E-state index in [1.165, 1.54) is 4.90 Å². The number of methoxy groups -OCH3 is 1. The van der Waals surface area contributed by atoms with Gasteiger partial charge in [-0.3, -0.25) is 14.9 Å². The molecule has 4 amide bonds. The van der Waals surface area contributed by atoms with Gasteiger partial charge in [-0.1, -0.05) is 12.1 Å². The molecule has 1 aliphatic carbocycles. The van der Waals surface area contributed by atoms with E-state index < -0.39 is 11.6 Å². The number of nitrogens with one attached hydrogen (secondary N) is 2. The Bertz CT molecular complexity index is 627. The van der Waals surface area contributed by atoms with Crippen molar-refractivity contribution in [2.24, 2.45) is 5.92 Å². The fourth-order valence-corrected chi connectivity index (χ4v) is 3.03. The largest absolute Gasteiger partial charge is 0.497 e. The number of ether oxygens (including phenoxy) is 1. The van der Waals surface area contributed by atoms with E-state index in [0.29, 0.717) is 13.0 Å². The third-order valence-corrected chi connectivity index (χ3v) is 4.39. The first-order valence-electron chi connectivity index (χ1n) is 7.53. The number of urea groups is 1. The number of amides is 4. The van der Waals surface area contributed by atoms with Crippen molar-refractivity contribution >= 4 is 18.3 Å². The van der Waals surface area contributed by atoms with E-state index in [1.807, 2.05) is 24.3 Å². The van der Waals surface area contributed by atoms with Crippen LogP contribution in [0.4, 0.5) is 4.79 Å². The number of benzene rings is 1. The minimum absolute atomic E-state index is 0.0901. The summed E-state index contributed by atoms with van der Waals surface area (Å²) in [5.41, 5.74) is -0.0710. The molecule has 7 heteroatoms. The molecule has 23 heavy (non-hydrogen) atoms. The van der Waals surface area contributed by atoms with Crippen molar-refractivity contribution in [1.82, 2.24) is 15.5 Å². The van der Waals surface area contributed by atoms with Crippen LogP contribution in [0.3, 0.4) is 0 Å². The number of carbonyl (C=O) groups is 3. The van der Waals surface area contributed by atoms with Gasteiger partial charge in [0.05, 0.1) is 13.7 Å². The summed E-state index contributed by atoms with van der Waals surface area (Å²) in [6, 6.07) is 6.88. The molecule has 1 aromatic rings. The molecule has 3 rings (SSSR count). The van der Waals surface area contributed by atoms with Crippen LogP contribution in [-0.2, 0) is 16.1 Å². The maximum absolute atomic E-state index is 12.2. The smallest absolute Gasteiger partial charge is 0.322 e. The Morgan fingerprint density at radius 3 is 2.48 bits per heavy atom. The quantitative estimate of drug-likeness (QED) is 0.571. The zero-order chi connectivity index (χ0) is 16.4. The lowest BCUT2D eigenvalue weighted by Gasteiger charge is -2.31. The van der Waals surface area contributed by atoms with Crippen molar-refractivity contribution in [1.29, 1.82) is 0 Å². The zero-order valence-corrected chi connectivity index (χ0v) is 12.9. The summed E-state index contributed by atoms with van der Waals surface area (Å²) in [5, 5.41) is 5.02. The zero-order valence-electron chi connectivity index (χ0n) is 12.9. The van der Waals surface area contributed by atoms with Crippen LogP contribution >= 0.6 is 0 Å². The first kappa shape index (κ1) is 15.3. The van der Waals surface area contributed by atoms with Crippen LogP contribution in [-0.4, -0.2) is 42.4 Å². The molecule has 1 aliphatic heterocycles. The van der Waals surface area contributed by atoms with Crippen molar-refractivity contribution < 1.29 is 19.1 Å². The Kier molecular flexibility index (Phi) is 3.94. The molecule has 0 bridgehead atoms. The molecule has 1 unspecified atom stereocenters. The Balaban J connectivity index is 1.73. The molecule has 2 N–H and O–H groups in total. The highest BCUT2D eigenvalue weighted by Crippen LogP contribution is 2.41. The highest BCUT2D eigenvalue weighted by molar-refractivity contribution is 6.07. The van der Waals surface area contributed by atoms with E-state index in [4.69, 9.17) is 4.74 Å². The lowest BCUT2D eigenvalue weighted by molar-refractivity contribution is -0.127. The molecule has 1 saturated carbocycles. The summed E-state index contributed by atoms with van der Waals surface area (Å²) < 4.78 is 5.11. The lowest BCUT2D eigenvalue weighted by atomic mass is 9.92. The Morgan fingerprint density at radius 2 is 2.00 bits per heavy atom. The molecular weight excluding hydrogens is 298 g/mol. The Hall–Kier alpha value is -2.57. The van der Waals surface area contributed by atoms with E-state index >= 15 is 0 Å². The fraction of sp³-hybridized carbons (Fsp3) is 0.438. The maximum Gasteiger partial charge on any atom is 0.322 e. The maximum atomic E-state index is 12.2. The summed E-state index contributed by atoms with van der Waals surface area (Å²) in [6.07, 6.45) is 2.47. The van der Waals surface area contributed by atoms with Crippen LogP contribution in [0.1, 0.15) is 18.4 Å². The number of imide groups is 1. The summed E-state index contributed by atoms with van der Waals surface area (Å²) >= 11 is 0. The molecule has 0 aromatic heterocycles. The second-order valence-corrected chi connectivity index (χ2v) is 6.01. The fourth-order valence-electron chi connectivity index (χ4n) is 3.03. The number of hydrogen-bond donors (Lipinski definition) is 2. The predicted molar refractivity (Wildman–Crippen MR) is 81.6 cm³/mol. The first-order valence-corrected chi connectivity index (χ1v) is 7.53. The van der Waals surface area contributed by atoms with E-state index in [2.05, 4.69) is 10.6 Å². The van der Waals surface area contributed by atoms with Crippen molar-refractivity contribution in [3.8, 4) is 5.75 Å². The molecule has 2 aliphatic rings. The van der Waals surface area contributed by atoms with Gasteiger partial charge in [-0.25, -0.2) is 4.79 Å². The van der Waals surface area contributed by atoms with Gasteiger partial charge in [0.2, 0.25) is 6.41 Å². The molecule has 2 fully saturated rings. The van der Waals surface area contributed by atoms with Crippen LogP contribution in [0, 0.1) is 5.92 Å². The molecule has 122 valence electrons. The van der Waals surface area contributed by atoms with Crippen molar-refractivity contribution in [3.05, 3.63) is 29.8 Å². The third kappa shape index (κ3) is 2.99. The monoisotopic (exact) mass is 317 g/mol. The highest BCUT2D eigenvalue weighted by Gasteiger charge is 2.56. The van der Waals surface area contributed by atoms with Crippen LogP contribution in [0.15, 0.2) is 24.3 Å². The van der Waals surface area contributed by atoms with Gasteiger partial charge in [0.25, 0.3) is 5.91 Å². The first-order chi connectivity index (χ1) is 11.1. The van der Waals surface area contributed by atoms with Crippen LogP contribution in [0.25, 0.3) is 0 Å². The molecule has 7 nitrogen and oxygen atoms in total. The summed E-state index contributed by atoms with van der Waals surface area (Å²) in [5.74, 6) is 0.488. The third-order valence-electron chi connectivity index (χ3n) is 4.39. The van der Waals surface area contributed by atoms with Gasteiger partial charge in [0.15, 0.2) is 0 Å². The minimum Gasteiger partial charge on any atom is -0.497 e. The second kappa shape index (κ2) is 5.91. The Morgan fingerprint density at radius 1 is 1.30 bits per heavy atom. The summed E-state index contributed by atoms with van der Waals surface area (Å²) in [6.45, 7) is 0.538. The van der Waals surface area contributed by atoms with E-state index in [0.717, 1.165) is 24.2 Å². The number of hydrogen-bond acceptors (Lipinski definition) is 4. The van der Waals surface area contributed by atoms with Crippen LogP contribution in [0.2, 0.25) is 0 Å². The second-order valence-electron chi connectivity index (χ2n) is 6.01. The summed E-state index contributed by atoms with van der Waals surface area (Å²) in [7, 11) is 1.59. The van der Waals surface area contributed by atoms with Gasteiger partial charge in [-0.15, -0.1) is 0 Å². The number of rotatable bonds is 7. The SMILES string of the molecule is COc1ccc(CN(C=O)CC2(C3CC3)NC(=O)NC2=O)cc1. The number of nitrogens with zero attached hydrogens (tertiary/aromatic N) is 1. The van der Waals surface area contributed by atoms with E-state index in [-0.39, 0.29) is 18.4 Å². The average Bonchev–Trinajstić information content (AvgIpc) is 3.35. The molecule has 1 saturated heterocycles. The topological polar surface area (TPSA) is 87.7 Å². The summed E-state index contributed by atoms with van der Waals surface area (Å²) in [4.78, 5) is 36.7. The Labute approximate surface area is 134 Å². The normalized spacial score (nSPS) is 23.2. The molecular formula is C16H19N3O4. The van der Waals surface area contributed by atoms with Gasteiger partial charge in [0.1, 0.15) is 11.3 Å². The van der Waals surface area contributed by atoms with Crippen molar-refractivity contribution in [2.75, 3.05) is 13.7 Å². The average molecular weight is 317 g/mol. The predicted octanol–water partition coefficient (Wildman–Crippen LogP) is 0.642. The van der Waals surface area contributed by atoms with E-state index in [9.17, 15) is 14.4 Å². The molecule has 1 heterocycles. The molecule has 1 aromatic carbocycles. The van der Waals surface area contributed by atoms with Crippen molar-refractivity contribution in [3.63, 3.8) is 0 Å². The van der Waals surface area contributed by atoms with Crippen LogP contribution < -0.4 is 15.4 Å². The van der Waals surface area contributed by atoms with Gasteiger partial charge in [-0.05, 0) is 36.5 Å². The van der Waals surface area contributed by atoms with Gasteiger partial charge < -0.3 is 15.0 Å². The molecule has 0 radical (unpaired) electrons. The lowest BCUT2D eigenvalue weighted by Crippen LogP contribution is -2.56. The van der Waals surface area contributed by atoms with Crippen molar-refractivity contribution in [2.45, 2.75) is 24.9 Å².